The molecule has 0 spiro atoms. The molecular weight excluding hydrogens is 412 g/mol. The molecule has 0 radical (unpaired) electrons. The van der Waals surface area contributed by atoms with Crippen molar-refractivity contribution in [2.24, 2.45) is 0 Å². The Balaban J connectivity index is 1.48. The van der Waals surface area contributed by atoms with Crippen LogP contribution in [0.15, 0.2) is 90.0 Å². The zero-order chi connectivity index (χ0) is 21.8. The lowest BCUT2D eigenvalue weighted by molar-refractivity contribution is 0.102. The van der Waals surface area contributed by atoms with Crippen LogP contribution in [-0.2, 0) is 10.0 Å². The van der Waals surface area contributed by atoms with E-state index in [1.807, 2.05) is 43.3 Å². The van der Waals surface area contributed by atoms with Gasteiger partial charge in [-0.2, -0.15) is 5.10 Å². The highest BCUT2D eigenvalue weighted by Crippen LogP contribution is 2.22. The first kappa shape index (κ1) is 20.4. The molecule has 3 N–H and O–H groups in total. The van der Waals surface area contributed by atoms with Crippen LogP contribution in [-0.4, -0.2) is 24.5 Å². The third-order valence-corrected chi connectivity index (χ3v) is 6.13. The molecule has 7 nitrogen and oxygen atoms in total. The van der Waals surface area contributed by atoms with Crippen LogP contribution in [0.4, 0.5) is 11.4 Å². The Morgan fingerprint density at radius 1 is 0.935 bits per heavy atom. The number of amides is 1. The minimum Gasteiger partial charge on any atom is -0.322 e. The van der Waals surface area contributed by atoms with Crippen molar-refractivity contribution in [3.8, 4) is 11.3 Å². The van der Waals surface area contributed by atoms with Crippen molar-refractivity contribution in [2.45, 2.75) is 11.8 Å². The van der Waals surface area contributed by atoms with E-state index in [0.29, 0.717) is 16.9 Å². The molecule has 1 aromatic heterocycles. The summed E-state index contributed by atoms with van der Waals surface area (Å²) in [6.45, 7) is 1.83. The molecule has 4 rings (SSSR count). The number of carbonyl (C=O) groups excluding carboxylic acids is 1. The van der Waals surface area contributed by atoms with Gasteiger partial charge in [0.2, 0.25) is 0 Å². The van der Waals surface area contributed by atoms with Gasteiger partial charge in [0, 0.05) is 23.0 Å². The average molecular weight is 433 g/mol. The van der Waals surface area contributed by atoms with Gasteiger partial charge in [-0.3, -0.25) is 14.6 Å². The first-order valence-corrected chi connectivity index (χ1v) is 11.0. The Morgan fingerprint density at radius 3 is 2.42 bits per heavy atom. The second kappa shape index (κ2) is 8.45. The smallest absolute Gasteiger partial charge is 0.261 e. The van der Waals surface area contributed by atoms with Crippen molar-refractivity contribution in [1.82, 2.24) is 10.2 Å². The Hall–Kier alpha value is -3.91. The zero-order valence-electron chi connectivity index (χ0n) is 16.7. The number of aromatic nitrogens is 2. The van der Waals surface area contributed by atoms with E-state index < -0.39 is 10.0 Å². The number of para-hydroxylation sites is 1. The molecule has 0 saturated heterocycles. The largest absolute Gasteiger partial charge is 0.322 e. The second-order valence-electron chi connectivity index (χ2n) is 6.95. The number of hydrogen-bond donors (Lipinski definition) is 3. The number of carbonyl (C=O) groups is 1. The van der Waals surface area contributed by atoms with Gasteiger partial charge in [-0.25, -0.2) is 8.42 Å². The minimum atomic E-state index is -3.76. The van der Waals surface area contributed by atoms with Gasteiger partial charge >= 0.3 is 0 Å². The summed E-state index contributed by atoms with van der Waals surface area (Å²) in [5.41, 5.74) is 4.03. The molecule has 0 aliphatic carbocycles. The molecule has 0 aliphatic rings. The van der Waals surface area contributed by atoms with Gasteiger partial charge in [0.05, 0.1) is 16.3 Å². The van der Waals surface area contributed by atoms with E-state index in [2.05, 4.69) is 20.2 Å². The van der Waals surface area contributed by atoms with Crippen molar-refractivity contribution in [3.63, 3.8) is 0 Å². The summed E-state index contributed by atoms with van der Waals surface area (Å²) in [6, 6.07) is 22.1. The predicted molar refractivity (Wildman–Crippen MR) is 120 cm³/mol. The number of sulfonamides is 1. The highest BCUT2D eigenvalue weighted by molar-refractivity contribution is 7.92. The van der Waals surface area contributed by atoms with Crippen LogP contribution >= 0.6 is 0 Å². The van der Waals surface area contributed by atoms with Crippen LogP contribution < -0.4 is 10.0 Å². The molecule has 31 heavy (non-hydrogen) atoms. The normalized spacial score (nSPS) is 11.1. The number of hydrogen-bond acceptors (Lipinski definition) is 4. The maximum absolute atomic E-state index is 12.7. The molecule has 3 aromatic carbocycles. The van der Waals surface area contributed by atoms with Crippen LogP contribution in [0.25, 0.3) is 11.3 Å². The first-order valence-electron chi connectivity index (χ1n) is 9.52. The molecule has 8 heteroatoms. The van der Waals surface area contributed by atoms with Gasteiger partial charge in [-0.15, -0.1) is 0 Å². The summed E-state index contributed by atoms with van der Waals surface area (Å²) in [5, 5.41) is 9.64. The van der Waals surface area contributed by atoms with Crippen molar-refractivity contribution in [1.29, 1.82) is 0 Å². The molecule has 1 heterocycles. The lowest BCUT2D eigenvalue weighted by Gasteiger charge is -2.11. The lowest BCUT2D eigenvalue weighted by Crippen LogP contribution is -2.15. The highest BCUT2D eigenvalue weighted by atomic mass is 32.2. The number of aryl methyl sites for hydroxylation is 1. The van der Waals surface area contributed by atoms with E-state index in [0.717, 1.165) is 16.8 Å². The SMILES string of the molecule is Cc1ccccc1NS(=O)(=O)c1ccc(C(=O)Nc2cccc(-c3ccn[nH]3)c2)cc1. The first-order chi connectivity index (χ1) is 14.9. The van der Waals surface area contributed by atoms with Gasteiger partial charge < -0.3 is 5.32 Å². The van der Waals surface area contributed by atoms with E-state index in [9.17, 15) is 13.2 Å². The fourth-order valence-corrected chi connectivity index (χ4v) is 4.19. The summed E-state index contributed by atoms with van der Waals surface area (Å²) in [6.07, 6.45) is 1.66. The number of benzene rings is 3. The molecular formula is C23H20N4O3S. The average Bonchev–Trinajstić information content (AvgIpc) is 3.31. The summed E-state index contributed by atoms with van der Waals surface area (Å²) < 4.78 is 27.9. The number of nitrogens with zero attached hydrogens (tertiary/aromatic N) is 1. The Kier molecular flexibility index (Phi) is 5.55. The molecule has 0 unspecified atom stereocenters. The van der Waals surface area contributed by atoms with Gasteiger partial charge in [-0.05, 0) is 61.0 Å². The third kappa shape index (κ3) is 4.65. The number of nitrogens with one attached hydrogen (secondary N) is 3. The number of rotatable bonds is 6. The molecule has 4 aromatic rings. The maximum Gasteiger partial charge on any atom is 0.261 e. The molecule has 0 saturated carbocycles. The Morgan fingerprint density at radius 2 is 1.71 bits per heavy atom. The van der Waals surface area contributed by atoms with Gasteiger partial charge in [-0.1, -0.05) is 30.3 Å². The van der Waals surface area contributed by atoms with Gasteiger partial charge in [0.25, 0.3) is 15.9 Å². The molecule has 0 aliphatic heterocycles. The standard InChI is InChI=1S/C23H20N4O3S/c1-16-5-2-3-8-21(16)27-31(29,30)20-11-9-17(10-12-20)23(28)25-19-7-4-6-18(15-19)22-13-14-24-26-22/h2-15,27H,1H3,(H,24,26)(H,25,28). The van der Waals surface area contributed by atoms with Crippen LogP contribution in [0.5, 0.6) is 0 Å². The molecule has 156 valence electrons. The van der Waals surface area contributed by atoms with Crippen molar-refractivity contribution in [2.75, 3.05) is 10.0 Å². The summed E-state index contributed by atoms with van der Waals surface area (Å²) in [4.78, 5) is 12.7. The summed E-state index contributed by atoms with van der Waals surface area (Å²) >= 11 is 0. The number of anilines is 2. The van der Waals surface area contributed by atoms with Crippen LogP contribution in [0, 0.1) is 6.92 Å². The third-order valence-electron chi connectivity index (χ3n) is 4.75. The van der Waals surface area contributed by atoms with E-state index in [4.69, 9.17) is 0 Å². The molecule has 0 atom stereocenters. The van der Waals surface area contributed by atoms with Crippen molar-refractivity contribution in [3.05, 3.63) is 96.2 Å². The van der Waals surface area contributed by atoms with E-state index in [-0.39, 0.29) is 10.8 Å². The van der Waals surface area contributed by atoms with Crippen molar-refractivity contribution >= 4 is 27.3 Å². The number of aromatic amines is 1. The fourth-order valence-electron chi connectivity index (χ4n) is 3.06. The highest BCUT2D eigenvalue weighted by Gasteiger charge is 2.16. The summed E-state index contributed by atoms with van der Waals surface area (Å²) in [7, 11) is -3.76. The van der Waals surface area contributed by atoms with E-state index in [1.165, 1.54) is 24.3 Å². The molecule has 1 amide bonds. The van der Waals surface area contributed by atoms with Crippen LogP contribution in [0.1, 0.15) is 15.9 Å². The monoisotopic (exact) mass is 432 g/mol. The molecule has 0 bridgehead atoms. The minimum absolute atomic E-state index is 0.0774. The van der Waals surface area contributed by atoms with Crippen LogP contribution in [0.2, 0.25) is 0 Å². The topological polar surface area (TPSA) is 104 Å². The Labute approximate surface area is 180 Å². The van der Waals surface area contributed by atoms with Gasteiger partial charge in [0.15, 0.2) is 0 Å². The predicted octanol–water partition coefficient (Wildman–Crippen LogP) is 4.44. The zero-order valence-corrected chi connectivity index (χ0v) is 17.5. The number of H-pyrrole nitrogens is 1. The van der Waals surface area contributed by atoms with E-state index >= 15 is 0 Å². The van der Waals surface area contributed by atoms with Crippen LogP contribution in [0.3, 0.4) is 0 Å². The lowest BCUT2D eigenvalue weighted by atomic mass is 10.1. The summed E-state index contributed by atoms with van der Waals surface area (Å²) in [5.74, 6) is -0.336. The van der Waals surface area contributed by atoms with Gasteiger partial charge in [0.1, 0.15) is 0 Å². The second-order valence-corrected chi connectivity index (χ2v) is 8.63. The van der Waals surface area contributed by atoms with E-state index in [1.54, 1.807) is 24.4 Å². The fraction of sp³-hybridized carbons (Fsp3) is 0.0435. The Bertz CT molecular complexity index is 1320. The van der Waals surface area contributed by atoms with Crippen molar-refractivity contribution < 1.29 is 13.2 Å². The quantitative estimate of drug-likeness (QED) is 0.419. The molecule has 0 fully saturated rings. The maximum atomic E-state index is 12.7.